The number of nitrogens with zero attached hydrogens (tertiary/aromatic N) is 3. The van der Waals surface area contributed by atoms with Gasteiger partial charge in [-0.3, -0.25) is 4.90 Å². The Hall–Kier alpha value is -2.32. The van der Waals surface area contributed by atoms with Crippen LogP contribution in [0.1, 0.15) is 44.0 Å². The summed E-state index contributed by atoms with van der Waals surface area (Å²) in [5, 5.41) is 10.5. The average Bonchev–Trinajstić information content (AvgIpc) is 2.58. The molecule has 1 aromatic rings. The van der Waals surface area contributed by atoms with Crippen molar-refractivity contribution < 1.29 is 14.6 Å². The molecule has 1 aliphatic heterocycles. The topological polar surface area (TPSA) is 119 Å². The van der Waals surface area contributed by atoms with E-state index in [0.717, 1.165) is 37.7 Å². The molecule has 5 N–H and O–H groups in total. The predicted octanol–water partition coefficient (Wildman–Crippen LogP) is 1.79. The first-order chi connectivity index (χ1) is 12.0. The van der Waals surface area contributed by atoms with Crippen LogP contribution in [0.3, 0.4) is 0 Å². The Bertz CT molecular complexity index is 694. The van der Waals surface area contributed by atoms with Crippen molar-refractivity contribution in [2.75, 3.05) is 19.1 Å². The number of phenols is 1. The fourth-order valence-electron chi connectivity index (χ4n) is 3.70. The lowest BCUT2D eigenvalue weighted by molar-refractivity contribution is -0.106. The van der Waals surface area contributed by atoms with Crippen molar-refractivity contribution in [1.29, 1.82) is 0 Å². The fourth-order valence-corrected chi connectivity index (χ4v) is 3.70. The van der Waals surface area contributed by atoms with Crippen molar-refractivity contribution in [3.8, 4) is 5.75 Å². The van der Waals surface area contributed by atoms with Crippen LogP contribution in [0.25, 0.3) is 0 Å². The van der Waals surface area contributed by atoms with Crippen molar-refractivity contribution in [1.82, 2.24) is 0 Å². The van der Waals surface area contributed by atoms with E-state index in [9.17, 15) is 5.11 Å². The first kappa shape index (κ1) is 17.5. The van der Waals surface area contributed by atoms with Crippen LogP contribution in [0.2, 0.25) is 0 Å². The molecule has 0 aromatic heterocycles. The van der Waals surface area contributed by atoms with Crippen LogP contribution in [-0.4, -0.2) is 36.9 Å². The largest absolute Gasteiger partial charge is 0.506 e. The molecule has 0 radical (unpaired) electrons. The highest BCUT2D eigenvalue weighted by Crippen LogP contribution is 2.43. The van der Waals surface area contributed by atoms with Crippen molar-refractivity contribution in [3.05, 3.63) is 23.8 Å². The molecule has 0 unspecified atom stereocenters. The monoisotopic (exact) mass is 347 g/mol. The van der Waals surface area contributed by atoms with Crippen LogP contribution < -0.4 is 16.4 Å². The molecule has 0 bridgehead atoms. The van der Waals surface area contributed by atoms with E-state index in [1.165, 1.54) is 0 Å². The molecular formula is C17H25N5O3. The highest BCUT2D eigenvalue weighted by molar-refractivity contribution is 6.06. The van der Waals surface area contributed by atoms with Gasteiger partial charge in [-0.15, -0.1) is 0 Å². The number of nitrogens with two attached hydrogens (primary N) is 2. The molecule has 1 aliphatic carbocycles. The summed E-state index contributed by atoms with van der Waals surface area (Å²) in [5.74, 6) is 0.500. The Morgan fingerprint density at radius 3 is 2.48 bits per heavy atom. The second kappa shape index (κ2) is 6.89. The highest BCUT2D eigenvalue weighted by Gasteiger charge is 2.43. The molecule has 1 spiro atoms. The van der Waals surface area contributed by atoms with Crippen molar-refractivity contribution in [2.45, 2.75) is 44.1 Å². The Kier molecular flexibility index (Phi) is 4.82. The number of aliphatic imine (C=N–C) groups is 2. The number of hydrogen-bond acceptors (Lipinski definition) is 8. The van der Waals surface area contributed by atoms with Gasteiger partial charge in [-0.25, -0.2) is 4.99 Å². The maximum absolute atomic E-state index is 10.5. The van der Waals surface area contributed by atoms with E-state index in [4.69, 9.17) is 20.9 Å². The molecule has 2 aliphatic rings. The van der Waals surface area contributed by atoms with Gasteiger partial charge in [-0.05, 0) is 37.8 Å². The molecule has 8 heteroatoms. The minimum atomic E-state index is -0.611. The van der Waals surface area contributed by atoms with Gasteiger partial charge in [0.1, 0.15) is 11.4 Å². The molecule has 1 fully saturated rings. The van der Waals surface area contributed by atoms with E-state index in [0.29, 0.717) is 5.69 Å². The molecule has 1 heterocycles. The van der Waals surface area contributed by atoms with Gasteiger partial charge in [0.05, 0.1) is 5.69 Å². The molecule has 25 heavy (non-hydrogen) atoms. The maximum Gasteiger partial charge on any atom is 0.220 e. The van der Waals surface area contributed by atoms with E-state index in [-0.39, 0.29) is 17.7 Å². The molecule has 0 amide bonds. The first-order valence-electron chi connectivity index (χ1n) is 8.39. The zero-order valence-electron chi connectivity index (χ0n) is 14.6. The number of ether oxygens (including phenoxy) is 2. The molecule has 3 rings (SSSR count). The van der Waals surface area contributed by atoms with Crippen molar-refractivity contribution in [2.24, 2.45) is 21.5 Å². The molecular weight excluding hydrogens is 322 g/mol. The summed E-state index contributed by atoms with van der Waals surface area (Å²) in [7, 11) is 3.12. The maximum atomic E-state index is 10.5. The summed E-state index contributed by atoms with van der Waals surface area (Å²) in [6.45, 7) is 0. The summed E-state index contributed by atoms with van der Waals surface area (Å²) in [5.41, 5.74) is 12.8. The smallest absolute Gasteiger partial charge is 0.220 e. The molecule has 1 saturated carbocycles. The van der Waals surface area contributed by atoms with Crippen LogP contribution >= 0.6 is 0 Å². The van der Waals surface area contributed by atoms with Gasteiger partial charge in [0.15, 0.2) is 6.29 Å². The van der Waals surface area contributed by atoms with Gasteiger partial charge in [-0.1, -0.05) is 12.5 Å². The van der Waals surface area contributed by atoms with Crippen LogP contribution in [0.15, 0.2) is 28.2 Å². The molecule has 0 atom stereocenters. The van der Waals surface area contributed by atoms with E-state index in [1.807, 2.05) is 0 Å². The second-order valence-electron chi connectivity index (χ2n) is 6.37. The number of benzene rings is 1. The fraction of sp³-hybridized carbons (Fsp3) is 0.529. The van der Waals surface area contributed by atoms with Gasteiger partial charge < -0.3 is 26.0 Å². The van der Waals surface area contributed by atoms with Gasteiger partial charge in [0.2, 0.25) is 11.9 Å². The highest BCUT2D eigenvalue weighted by atomic mass is 16.7. The Morgan fingerprint density at radius 1 is 1.16 bits per heavy atom. The summed E-state index contributed by atoms with van der Waals surface area (Å²) in [6, 6.07) is 5.14. The van der Waals surface area contributed by atoms with Gasteiger partial charge in [0.25, 0.3) is 0 Å². The molecule has 0 saturated heterocycles. The van der Waals surface area contributed by atoms with Crippen molar-refractivity contribution in [3.63, 3.8) is 0 Å². The van der Waals surface area contributed by atoms with Crippen LogP contribution in [0.5, 0.6) is 5.75 Å². The van der Waals surface area contributed by atoms with E-state index in [2.05, 4.69) is 9.98 Å². The Balaban J connectivity index is 2.09. The average molecular weight is 347 g/mol. The Labute approximate surface area is 147 Å². The molecule has 8 nitrogen and oxygen atoms in total. The van der Waals surface area contributed by atoms with Gasteiger partial charge >= 0.3 is 0 Å². The lowest BCUT2D eigenvalue weighted by Crippen LogP contribution is -2.58. The van der Waals surface area contributed by atoms with Crippen LogP contribution in [0.4, 0.5) is 5.69 Å². The lowest BCUT2D eigenvalue weighted by atomic mass is 9.87. The molecule has 136 valence electrons. The van der Waals surface area contributed by atoms with E-state index < -0.39 is 12.0 Å². The number of guanidine groups is 2. The van der Waals surface area contributed by atoms with E-state index in [1.54, 1.807) is 37.3 Å². The zero-order chi connectivity index (χ0) is 18.0. The first-order valence-corrected chi connectivity index (χ1v) is 8.39. The summed E-state index contributed by atoms with van der Waals surface area (Å²) >= 11 is 0. The number of phenolic OH excluding ortho intramolecular Hbond substituents is 1. The number of anilines is 1. The standard InChI is InChI=1S/C17H25N5O3/c1-24-14(25-2)11-6-7-13(23)12(10-11)22-16(19)20-15(18)21-17(22)8-4-3-5-9-17/h6-7,10,14,23H,3-5,8-9H2,1-2H3,(H4,18,19,20,21). The number of methoxy groups -OCH3 is 2. The third-order valence-electron chi connectivity index (χ3n) is 4.79. The summed E-state index contributed by atoms with van der Waals surface area (Å²) in [6.07, 6.45) is 4.22. The lowest BCUT2D eigenvalue weighted by Gasteiger charge is -2.45. The minimum absolute atomic E-state index is 0.0912. The number of aromatic hydroxyl groups is 1. The normalized spacial score (nSPS) is 19.9. The van der Waals surface area contributed by atoms with Gasteiger partial charge in [-0.2, -0.15) is 4.99 Å². The third-order valence-corrected chi connectivity index (χ3v) is 4.79. The van der Waals surface area contributed by atoms with Crippen molar-refractivity contribution >= 4 is 17.6 Å². The summed E-state index contributed by atoms with van der Waals surface area (Å²) < 4.78 is 10.6. The zero-order valence-corrected chi connectivity index (χ0v) is 14.6. The number of rotatable bonds is 4. The second-order valence-corrected chi connectivity index (χ2v) is 6.37. The minimum Gasteiger partial charge on any atom is -0.506 e. The quantitative estimate of drug-likeness (QED) is 0.715. The summed E-state index contributed by atoms with van der Waals surface area (Å²) in [4.78, 5) is 10.5. The SMILES string of the molecule is COC(OC)c1ccc(O)c(N2C(N)=NC(N)=NC23CCCCC3)c1. The third kappa shape index (κ3) is 3.14. The Morgan fingerprint density at radius 2 is 1.84 bits per heavy atom. The number of hydrogen-bond donors (Lipinski definition) is 3. The van der Waals surface area contributed by atoms with Gasteiger partial charge in [0, 0.05) is 19.8 Å². The molecule has 1 aromatic carbocycles. The van der Waals surface area contributed by atoms with Crippen LogP contribution in [-0.2, 0) is 9.47 Å². The predicted molar refractivity (Wildman–Crippen MR) is 96.4 cm³/mol. The van der Waals surface area contributed by atoms with Crippen LogP contribution in [0, 0.1) is 0 Å². The van der Waals surface area contributed by atoms with E-state index >= 15 is 0 Å².